The number of rotatable bonds is 0. The minimum atomic E-state index is 0.697. The van der Waals surface area contributed by atoms with Crippen LogP contribution < -0.4 is 0 Å². The Balaban J connectivity index is 2.86. The molecule has 0 aliphatic heterocycles. The van der Waals surface area contributed by atoms with Crippen LogP contribution in [0.5, 0.6) is 0 Å². The van der Waals surface area contributed by atoms with Crippen LogP contribution >= 0.6 is 11.6 Å². The Morgan fingerprint density at radius 1 is 1.33 bits per heavy atom. The first-order valence-corrected chi connectivity index (χ1v) is 4.03. The quantitative estimate of drug-likeness (QED) is 0.620. The van der Waals surface area contributed by atoms with Crippen LogP contribution in [0.4, 0.5) is 0 Å². The Morgan fingerprint density at radius 2 is 2.17 bits per heavy atom. The van der Waals surface area contributed by atoms with E-state index in [0.29, 0.717) is 5.02 Å². The summed E-state index contributed by atoms with van der Waals surface area (Å²) >= 11 is 5.80. The molecule has 0 atom stereocenters. The largest absolute Gasteiger partial charge is 0.158 e. The van der Waals surface area contributed by atoms with Gasteiger partial charge in [-0.05, 0) is 24.6 Å². The molecule has 2 rings (SSSR count). The molecule has 0 saturated heterocycles. The van der Waals surface area contributed by atoms with Crippen molar-refractivity contribution in [3.63, 3.8) is 0 Å². The first-order chi connectivity index (χ1) is 5.77. The van der Waals surface area contributed by atoms with Gasteiger partial charge in [-0.3, -0.25) is 0 Å². The van der Waals surface area contributed by atoms with Crippen LogP contribution in [-0.2, 0) is 0 Å². The second-order valence-electron chi connectivity index (χ2n) is 2.69. The normalized spacial score (nSPS) is 10.5. The summed E-state index contributed by atoms with van der Waals surface area (Å²) in [6, 6.07) is 5.64. The van der Waals surface area contributed by atoms with Gasteiger partial charge in [-0.2, -0.15) is 10.2 Å². The molecule has 0 radical (unpaired) electrons. The first kappa shape index (κ1) is 7.50. The van der Waals surface area contributed by atoms with Gasteiger partial charge in [0, 0.05) is 10.4 Å². The van der Waals surface area contributed by atoms with E-state index in [1.54, 1.807) is 6.20 Å². The van der Waals surface area contributed by atoms with Gasteiger partial charge >= 0.3 is 0 Å². The van der Waals surface area contributed by atoms with Gasteiger partial charge in [0.15, 0.2) is 0 Å². The molecule has 1 heterocycles. The number of fused-ring (bicyclic) bond motifs is 1. The van der Waals surface area contributed by atoms with Gasteiger partial charge in [-0.25, -0.2) is 0 Å². The lowest BCUT2D eigenvalue weighted by Crippen LogP contribution is -1.85. The average molecular weight is 179 g/mol. The molecule has 0 aliphatic rings. The Labute approximate surface area is 75.2 Å². The number of hydrogen-bond acceptors (Lipinski definition) is 2. The van der Waals surface area contributed by atoms with Crippen LogP contribution in [0, 0.1) is 6.92 Å². The fraction of sp³-hybridized carbons (Fsp3) is 0.111. The first-order valence-electron chi connectivity index (χ1n) is 3.65. The van der Waals surface area contributed by atoms with Crippen molar-refractivity contribution in [2.24, 2.45) is 0 Å². The molecule has 12 heavy (non-hydrogen) atoms. The lowest BCUT2D eigenvalue weighted by atomic mass is 10.1. The second kappa shape index (κ2) is 2.72. The van der Waals surface area contributed by atoms with Gasteiger partial charge in [0.05, 0.1) is 11.7 Å². The molecule has 2 aromatic rings. The van der Waals surface area contributed by atoms with Crippen LogP contribution in [-0.4, -0.2) is 10.2 Å². The number of aromatic nitrogens is 2. The van der Waals surface area contributed by atoms with Gasteiger partial charge in [0.1, 0.15) is 0 Å². The molecule has 60 valence electrons. The summed E-state index contributed by atoms with van der Waals surface area (Å²) < 4.78 is 0. The minimum Gasteiger partial charge on any atom is -0.158 e. The zero-order valence-corrected chi connectivity index (χ0v) is 7.34. The van der Waals surface area contributed by atoms with Crippen molar-refractivity contribution < 1.29 is 0 Å². The van der Waals surface area contributed by atoms with Crippen molar-refractivity contribution in [1.82, 2.24) is 10.2 Å². The van der Waals surface area contributed by atoms with Crippen molar-refractivity contribution in [3.8, 4) is 0 Å². The van der Waals surface area contributed by atoms with Crippen molar-refractivity contribution in [3.05, 3.63) is 35.0 Å². The predicted molar refractivity (Wildman–Crippen MR) is 49.3 cm³/mol. The van der Waals surface area contributed by atoms with Gasteiger partial charge in [-0.1, -0.05) is 17.7 Å². The van der Waals surface area contributed by atoms with Crippen molar-refractivity contribution >= 4 is 22.5 Å². The fourth-order valence-corrected chi connectivity index (χ4v) is 1.33. The van der Waals surface area contributed by atoms with E-state index in [1.165, 1.54) is 0 Å². The Kier molecular flexibility index (Phi) is 1.70. The molecule has 0 spiro atoms. The minimum absolute atomic E-state index is 0.697. The summed E-state index contributed by atoms with van der Waals surface area (Å²) in [5.41, 5.74) is 1.97. The molecule has 0 bridgehead atoms. The Bertz CT molecular complexity index is 426. The maximum atomic E-state index is 5.80. The van der Waals surface area contributed by atoms with Gasteiger partial charge in [0.2, 0.25) is 0 Å². The van der Waals surface area contributed by atoms with Crippen molar-refractivity contribution in [2.45, 2.75) is 6.92 Å². The molecule has 0 fully saturated rings. The molecular weight excluding hydrogens is 172 g/mol. The maximum absolute atomic E-state index is 5.80. The highest BCUT2D eigenvalue weighted by atomic mass is 35.5. The Hall–Kier alpha value is -1.15. The third kappa shape index (κ3) is 1.14. The van der Waals surface area contributed by atoms with Crippen LogP contribution in [0.3, 0.4) is 0 Å². The van der Waals surface area contributed by atoms with E-state index in [1.807, 2.05) is 25.1 Å². The number of halogens is 1. The molecule has 1 aromatic carbocycles. The summed E-state index contributed by atoms with van der Waals surface area (Å²) in [4.78, 5) is 0. The van der Waals surface area contributed by atoms with Crippen LogP contribution in [0.1, 0.15) is 5.56 Å². The van der Waals surface area contributed by atoms with Crippen LogP contribution in [0.2, 0.25) is 5.02 Å². The van der Waals surface area contributed by atoms with Crippen molar-refractivity contribution in [1.29, 1.82) is 0 Å². The average Bonchev–Trinajstić information content (AvgIpc) is 2.04. The van der Waals surface area contributed by atoms with E-state index in [9.17, 15) is 0 Å². The highest BCUT2D eigenvalue weighted by Crippen LogP contribution is 2.18. The molecule has 0 aliphatic carbocycles. The summed E-state index contributed by atoms with van der Waals surface area (Å²) in [6.07, 6.45) is 1.75. The number of aryl methyl sites for hydroxylation is 1. The standard InChI is InChI=1S/C9H7ClN2/c1-6-5-11-12-9-4-7(10)2-3-8(6)9/h2-5H,1H3. The second-order valence-corrected chi connectivity index (χ2v) is 3.13. The lowest BCUT2D eigenvalue weighted by molar-refractivity contribution is 1.06. The molecule has 3 heteroatoms. The molecular formula is C9H7ClN2. The molecule has 2 nitrogen and oxygen atoms in total. The summed E-state index contributed by atoms with van der Waals surface area (Å²) in [7, 11) is 0. The predicted octanol–water partition coefficient (Wildman–Crippen LogP) is 2.59. The number of nitrogens with zero attached hydrogens (tertiary/aromatic N) is 2. The monoisotopic (exact) mass is 178 g/mol. The molecule has 0 N–H and O–H groups in total. The Morgan fingerprint density at radius 3 is 3.00 bits per heavy atom. The van der Waals surface area contributed by atoms with Crippen LogP contribution in [0.25, 0.3) is 10.9 Å². The van der Waals surface area contributed by atoms with Gasteiger partial charge < -0.3 is 0 Å². The van der Waals surface area contributed by atoms with E-state index in [0.717, 1.165) is 16.5 Å². The third-order valence-electron chi connectivity index (χ3n) is 1.80. The van der Waals surface area contributed by atoms with E-state index in [-0.39, 0.29) is 0 Å². The summed E-state index contributed by atoms with van der Waals surface area (Å²) in [6.45, 7) is 2.00. The zero-order valence-electron chi connectivity index (χ0n) is 6.58. The number of hydrogen-bond donors (Lipinski definition) is 0. The highest BCUT2D eigenvalue weighted by Gasteiger charge is 1.98. The SMILES string of the molecule is Cc1cnnc2cc(Cl)ccc12. The summed E-state index contributed by atoms with van der Waals surface area (Å²) in [5, 5.41) is 9.62. The summed E-state index contributed by atoms with van der Waals surface area (Å²) in [5.74, 6) is 0. The molecule has 1 aromatic heterocycles. The molecule has 0 saturated carbocycles. The third-order valence-corrected chi connectivity index (χ3v) is 2.04. The van der Waals surface area contributed by atoms with Crippen molar-refractivity contribution in [2.75, 3.05) is 0 Å². The highest BCUT2D eigenvalue weighted by molar-refractivity contribution is 6.31. The topological polar surface area (TPSA) is 25.8 Å². The number of benzene rings is 1. The maximum Gasteiger partial charge on any atom is 0.0947 e. The zero-order chi connectivity index (χ0) is 8.55. The van der Waals surface area contributed by atoms with E-state index >= 15 is 0 Å². The van der Waals surface area contributed by atoms with Crippen LogP contribution in [0.15, 0.2) is 24.4 Å². The van der Waals surface area contributed by atoms with Gasteiger partial charge in [-0.15, -0.1) is 0 Å². The molecule has 0 amide bonds. The van der Waals surface area contributed by atoms with Gasteiger partial charge in [0.25, 0.3) is 0 Å². The van der Waals surface area contributed by atoms with E-state index in [2.05, 4.69) is 10.2 Å². The smallest absolute Gasteiger partial charge is 0.0947 e. The molecule has 0 unspecified atom stereocenters. The van der Waals surface area contributed by atoms with E-state index < -0.39 is 0 Å². The lowest BCUT2D eigenvalue weighted by Gasteiger charge is -1.98. The van der Waals surface area contributed by atoms with E-state index in [4.69, 9.17) is 11.6 Å². The fourth-order valence-electron chi connectivity index (χ4n) is 1.17.